The van der Waals surface area contributed by atoms with E-state index in [2.05, 4.69) is 4.98 Å². The van der Waals surface area contributed by atoms with Crippen LogP contribution in [0.1, 0.15) is 35.5 Å². The maximum Gasteiger partial charge on any atom is 0.309 e. The van der Waals surface area contributed by atoms with Gasteiger partial charge in [-0.1, -0.05) is 24.6 Å². The topological polar surface area (TPSA) is 50.2 Å². The first-order chi connectivity index (χ1) is 9.62. The van der Waals surface area contributed by atoms with Gasteiger partial charge in [-0.25, -0.2) is 9.37 Å². The van der Waals surface area contributed by atoms with Crippen molar-refractivity contribution in [2.24, 2.45) is 0 Å². The molecule has 0 bridgehead atoms. The average Bonchev–Trinajstić information content (AvgIpc) is 2.78. The summed E-state index contributed by atoms with van der Waals surface area (Å²) in [6.45, 7) is 0. The Morgan fingerprint density at radius 2 is 2.15 bits per heavy atom. The molecule has 1 fully saturated rings. The van der Waals surface area contributed by atoms with Crippen LogP contribution in [0.3, 0.4) is 0 Å². The lowest BCUT2D eigenvalue weighted by molar-refractivity contribution is -0.136. The Morgan fingerprint density at radius 3 is 2.75 bits per heavy atom. The van der Waals surface area contributed by atoms with E-state index in [-0.39, 0.29) is 17.7 Å². The molecule has 0 radical (unpaired) electrons. The largest absolute Gasteiger partial charge is 0.481 e. The van der Waals surface area contributed by atoms with Crippen molar-refractivity contribution in [1.82, 2.24) is 4.98 Å². The molecule has 1 N–H and O–H groups in total. The van der Waals surface area contributed by atoms with E-state index in [0.29, 0.717) is 11.3 Å². The summed E-state index contributed by atoms with van der Waals surface area (Å²) in [6.07, 6.45) is 2.70. The zero-order valence-corrected chi connectivity index (χ0v) is 11.6. The van der Waals surface area contributed by atoms with Crippen molar-refractivity contribution in [3.05, 3.63) is 51.7 Å². The number of carboxylic acid groups (broad SMARTS) is 1. The maximum atomic E-state index is 14.1. The highest BCUT2D eigenvalue weighted by Gasteiger charge is 2.44. The van der Waals surface area contributed by atoms with Gasteiger partial charge in [-0.05, 0) is 18.9 Å². The van der Waals surface area contributed by atoms with Crippen LogP contribution in [0, 0.1) is 5.82 Å². The van der Waals surface area contributed by atoms with Gasteiger partial charge in [0.25, 0.3) is 0 Å². The first-order valence-corrected chi connectivity index (χ1v) is 7.41. The molecule has 5 heteroatoms. The number of benzene rings is 1. The molecule has 1 aliphatic carbocycles. The fourth-order valence-corrected chi connectivity index (χ4v) is 3.83. The van der Waals surface area contributed by atoms with Crippen LogP contribution in [-0.2, 0) is 16.6 Å². The van der Waals surface area contributed by atoms with Gasteiger partial charge in [0.1, 0.15) is 10.8 Å². The Kier molecular flexibility index (Phi) is 3.30. The molecule has 0 unspecified atom stereocenters. The lowest BCUT2D eigenvalue weighted by Gasteiger charge is -2.40. The van der Waals surface area contributed by atoms with Gasteiger partial charge in [-0.2, -0.15) is 0 Å². The van der Waals surface area contributed by atoms with E-state index in [9.17, 15) is 9.18 Å². The number of halogens is 1. The maximum absolute atomic E-state index is 14.1. The molecule has 0 amide bonds. The van der Waals surface area contributed by atoms with Crippen LogP contribution in [0.15, 0.2) is 29.6 Å². The minimum absolute atomic E-state index is 0.0795. The molecule has 3 rings (SSSR count). The van der Waals surface area contributed by atoms with E-state index >= 15 is 0 Å². The summed E-state index contributed by atoms with van der Waals surface area (Å²) in [6, 6.07) is 6.81. The summed E-state index contributed by atoms with van der Waals surface area (Å²) >= 11 is 1.44. The minimum atomic E-state index is -0.893. The lowest BCUT2D eigenvalue weighted by Crippen LogP contribution is -2.36. The highest BCUT2D eigenvalue weighted by molar-refractivity contribution is 7.09. The molecule has 0 saturated heterocycles. The smallest absolute Gasteiger partial charge is 0.309 e. The molecule has 2 aromatic rings. The van der Waals surface area contributed by atoms with Crippen molar-refractivity contribution in [3.8, 4) is 0 Å². The fraction of sp³-hybridized carbons (Fsp3) is 0.333. The molecule has 1 aromatic carbocycles. The van der Waals surface area contributed by atoms with Gasteiger partial charge in [0.15, 0.2) is 0 Å². The molecule has 1 aromatic heterocycles. The van der Waals surface area contributed by atoms with Crippen LogP contribution in [0.25, 0.3) is 0 Å². The van der Waals surface area contributed by atoms with E-state index in [1.165, 1.54) is 17.4 Å². The zero-order chi connectivity index (χ0) is 14.2. The molecular formula is C15H14FNO2S. The standard InChI is InChI=1S/C15H14FNO2S/c16-12-5-2-1-4-11(12)15(6-3-7-15)14-17-10(9-20-14)8-13(18)19/h1-2,4-5,9H,3,6-8H2,(H,18,19). The summed E-state index contributed by atoms with van der Waals surface area (Å²) < 4.78 is 14.1. The normalized spacial score (nSPS) is 16.6. The van der Waals surface area contributed by atoms with E-state index in [4.69, 9.17) is 5.11 Å². The number of hydrogen-bond acceptors (Lipinski definition) is 3. The van der Waals surface area contributed by atoms with Gasteiger partial charge in [0, 0.05) is 10.9 Å². The Hall–Kier alpha value is -1.75. The molecule has 3 nitrogen and oxygen atoms in total. The first kappa shape index (κ1) is 13.2. The summed E-state index contributed by atoms with van der Waals surface area (Å²) in [4.78, 5) is 15.2. The Balaban J connectivity index is 1.99. The molecule has 0 aliphatic heterocycles. The van der Waals surface area contributed by atoms with Crippen LogP contribution in [0.5, 0.6) is 0 Å². The molecule has 104 valence electrons. The highest BCUT2D eigenvalue weighted by Crippen LogP contribution is 2.50. The second-order valence-corrected chi connectivity index (χ2v) is 5.99. The van der Waals surface area contributed by atoms with Crippen molar-refractivity contribution in [2.75, 3.05) is 0 Å². The number of carboxylic acids is 1. The van der Waals surface area contributed by atoms with Crippen LogP contribution in [0.4, 0.5) is 4.39 Å². The van der Waals surface area contributed by atoms with Crippen molar-refractivity contribution in [2.45, 2.75) is 31.1 Å². The minimum Gasteiger partial charge on any atom is -0.481 e. The third-order valence-corrected chi connectivity index (χ3v) is 4.99. The Labute approximate surface area is 120 Å². The second kappa shape index (κ2) is 4.98. The highest BCUT2D eigenvalue weighted by atomic mass is 32.1. The summed E-state index contributed by atoms with van der Waals surface area (Å²) in [5, 5.41) is 11.4. The van der Waals surface area contributed by atoms with Gasteiger partial charge in [-0.15, -0.1) is 11.3 Å². The van der Waals surface area contributed by atoms with Crippen molar-refractivity contribution in [1.29, 1.82) is 0 Å². The van der Waals surface area contributed by atoms with Crippen LogP contribution >= 0.6 is 11.3 Å². The number of aromatic nitrogens is 1. The summed E-state index contributed by atoms with van der Waals surface area (Å²) in [7, 11) is 0. The van der Waals surface area contributed by atoms with E-state index in [0.717, 1.165) is 24.3 Å². The average molecular weight is 291 g/mol. The SMILES string of the molecule is O=C(O)Cc1csc(C2(c3ccccc3F)CCC2)n1. The van der Waals surface area contributed by atoms with Gasteiger partial charge >= 0.3 is 5.97 Å². The van der Waals surface area contributed by atoms with Crippen molar-refractivity contribution in [3.63, 3.8) is 0 Å². The molecule has 1 aliphatic rings. The summed E-state index contributed by atoms with van der Waals surface area (Å²) in [5.74, 6) is -1.10. The predicted molar refractivity (Wildman–Crippen MR) is 74.5 cm³/mol. The molecule has 1 saturated carbocycles. The summed E-state index contributed by atoms with van der Waals surface area (Å²) in [5.41, 5.74) is 0.884. The molecule has 0 spiro atoms. The Morgan fingerprint density at radius 1 is 1.40 bits per heavy atom. The fourth-order valence-electron chi connectivity index (χ4n) is 2.74. The van der Waals surface area contributed by atoms with Gasteiger partial charge in [0.2, 0.25) is 0 Å². The van der Waals surface area contributed by atoms with Gasteiger partial charge < -0.3 is 5.11 Å². The molecule has 20 heavy (non-hydrogen) atoms. The first-order valence-electron chi connectivity index (χ1n) is 6.53. The van der Waals surface area contributed by atoms with Crippen LogP contribution in [-0.4, -0.2) is 16.1 Å². The molecular weight excluding hydrogens is 277 g/mol. The third kappa shape index (κ3) is 2.12. The Bertz CT molecular complexity index is 649. The van der Waals surface area contributed by atoms with Gasteiger partial charge in [-0.3, -0.25) is 4.79 Å². The van der Waals surface area contributed by atoms with E-state index in [1.54, 1.807) is 11.4 Å². The van der Waals surface area contributed by atoms with Crippen LogP contribution in [0.2, 0.25) is 0 Å². The predicted octanol–water partition coefficient (Wildman–Crippen LogP) is 3.38. The number of hydrogen-bond donors (Lipinski definition) is 1. The second-order valence-electron chi connectivity index (χ2n) is 5.13. The third-order valence-electron chi connectivity index (χ3n) is 3.89. The number of aliphatic carboxylic acids is 1. The molecule has 0 atom stereocenters. The van der Waals surface area contributed by atoms with Crippen LogP contribution < -0.4 is 0 Å². The van der Waals surface area contributed by atoms with E-state index < -0.39 is 5.97 Å². The quantitative estimate of drug-likeness (QED) is 0.939. The molecule has 1 heterocycles. The van der Waals surface area contributed by atoms with Crippen molar-refractivity contribution >= 4 is 17.3 Å². The monoisotopic (exact) mass is 291 g/mol. The number of carbonyl (C=O) groups is 1. The van der Waals surface area contributed by atoms with Gasteiger partial charge in [0.05, 0.1) is 17.5 Å². The number of thiazole rings is 1. The number of rotatable bonds is 4. The van der Waals surface area contributed by atoms with E-state index in [1.807, 2.05) is 12.1 Å². The zero-order valence-electron chi connectivity index (χ0n) is 10.8. The lowest BCUT2D eigenvalue weighted by atomic mass is 9.64. The van der Waals surface area contributed by atoms with Crippen molar-refractivity contribution < 1.29 is 14.3 Å². The number of nitrogens with zero attached hydrogens (tertiary/aromatic N) is 1.